The van der Waals surface area contributed by atoms with E-state index in [2.05, 4.69) is 0 Å². The Morgan fingerprint density at radius 1 is 1.12 bits per heavy atom. The zero-order valence-electron chi connectivity index (χ0n) is 14.5. The van der Waals surface area contributed by atoms with Crippen LogP contribution in [0.4, 0.5) is 0 Å². The number of ether oxygens (including phenoxy) is 3. The number of rotatable bonds is 5. The molecule has 7 atom stereocenters. The van der Waals surface area contributed by atoms with Crippen molar-refractivity contribution in [2.45, 2.75) is 62.0 Å². The Kier molecular flexibility index (Phi) is 6.40. The van der Waals surface area contributed by atoms with E-state index in [1.54, 1.807) is 25.3 Å². The minimum absolute atomic E-state index is 0.0116. The molecule has 1 saturated heterocycles. The van der Waals surface area contributed by atoms with E-state index in [0.29, 0.717) is 16.3 Å². The summed E-state index contributed by atoms with van der Waals surface area (Å²) >= 11 is 6.24. The van der Waals surface area contributed by atoms with Crippen molar-refractivity contribution in [1.82, 2.24) is 0 Å². The molecule has 3 rings (SSSR count). The molecule has 0 spiro atoms. The number of aliphatic hydroxyl groups is 4. The average Bonchev–Trinajstić information content (AvgIpc) is 3.10. The van der Waals surface area contributed by atoms with Gasteiger partial charge in [0.2, 0.25) is 0 Å². The predicted molar refractivity (Wildman–Crippen MR) is 93.2 cm³/mol. The van der Waals surface area contributed by atoms with E-state index < -0.39 is 37.1 Å². The lowest BCUT2D eigenvalue weighted by Gasteiger charge is -2.40. The first-order chi connectivity index (χ1) is 12.4. The Morgan fingerprint density at radius 2 is 1.85 bits per heavy atom. The van der Waals surface area contributed by atoms with Crippen LogP contribution >= 0.6 is 11.6 Å². The SMILES string of the molecule is CO[C@@H]1CC[C@H](Oc2cc([C@@H]3O[C@H](CO)[C@@H](O)[C@H](O)[C@H]3O)ccc2Cl)C1. The van der Waals surface area contributed by atoms with Crippen LogP contribution in [-0.4, -0.2) is 70.8 Å². The summed E-state index contributed by atoms with van der Waals surface area (Å²) < 4.78 is 16.9. The maximum Gasteiger partial charge on any atom is 0.138 e. The predicted octanol–water partition coefficient (Wildman–Crippen LogP) is 0.801. The van der Waals surface area contributed by atoms with Crippen molar-refractivity contribution in [2.75, 3.05) is 13.7 Å². The fraction of sp³-hybridized carbons (Fsp3) is 0.667. The molecule has 2 fully saturated rings. The number of hydrogen-bond acceptors (Lipinski definition) is 7. The van der Waals surface area contributed by atoms with E-state index in [1.165, 1.54) is 0 Å². The fourth-order valence-electron chi connectivity index (χ4n) is 3.57. The molecule has 1 aromatic carbocycles. The lowest BCUT2D eigenvalue weighted by atomic mass is 9.91. The van der Waals surface area contributed by atoms with Gasteiger partial charge in [-0.05, 0) is 30.5 Å². The van der Waals surface area contributed by atoms with Crippen molar-refractivity contribution < 1.29 is 34.6 Å². The molecule has 0 unspecified atom stereocenters. The zero-order chi connectivity index (χ0) is 18.8. The lowest BCUT2D eigenvalue weighted by molar-refractivity contribution is -0.231. The molecular weight excluding hydrogens is 364 g/mol. The first-order valence-corrected chi connectivity index (χ1v) is 9.11. The van der Waals surface area contributed by atoms with Crippen LogP contribution in [0.1, 0.15) is 30.9 Å². The first kappa shape index (κ1) is 19.8. The van der Waals surface area contributed by atoms with Crippen molar-refractivity contribution in [1.29, 1.82) is 0 Å². The number of hydrogen-bond donors (Lipinski definition) is 4. The molecule has 1 aliphatic heterocycles. The highest BCUT2D eigenvalue weighted by Gasteiger charge is 2.44. The Labute approximate surface area is 157 Å². The maximum absolute atomic E-state index is 10.3. The van der Waals surface area contributed by atoms with Crippen LogP contribution in [0.2, 0.25) is 5.02 Å². The van der Waals surface area contributed by atoms with Crippen molar-refractivity contribution in [3.05, 3.63) is 28.8 Å². The number of halogens is 1. The summed E-state index contributed by atoms with van der Waals surface area (Å²) in [6.07, 6.45) is -3.32. The molecule has 1 aromatic rings. The topological polar surface area (TPSA) is 109 Å². The molecule has 1 saturated carbocycles. The van der Waals surface area contributed by atoms with Crippen molar-refractivity contribution >= 4 is 11.6 Å². The molecular formula is C18H25ClO7. The van der Waals surface area contributed by atoms with Crippen molar-refractivity contribution in [2.24, 2.45) is 0 Å². The second kappa shape index (κ2) is 8.39. The molecule has 2 aliphatic rings. The first-order valence-electron chi connectivity index (χ1n) is 8.74. The summed E-state index contributed by atoms with van der Waals surface area (Å²) in [5.41, 5.74) is 0.544. The third-order valence-electron chi connectivity index (χ3n) is 5.14. The number of methoxy groups -OCH3 is 1. The Morgan fingerprint density at radius 3 is 2.50 bits per heavy atom. The van der Waals surface area contributed by atoms with Gasteiger partial charge in [-0.2, -0.15) is 0 Å². The van der Waals surface area contributed by atoms with E-state index in [1.807, 2.05) is 0 Å². The minimum Gasteiger partial charge on any atom is -0.489 e. The number of aliphatic hydroxyl groups excluding tert-OH is 4. The van der Waals surface area contributed by atoms with Crippen molar-refractivity contribution in [3.8, 4) is 5.75 Å². The molecule has 146 valence electrons. The zero-order valence-corrected chi connectivity index (χ0v) is 15.2. The van der Waals surface area contributed by atoms with Gasteiger partial charge in [-0.15, -0.1) is 0 Å². The molecule has 4 N–H and O–H groups in total. The molecule has 0 radical (unpaired) electrons. The number of benzene rings is 1. The minimum atomic E-state index is -1.43. The van der Waals surface area contributed by atoms with Crippen LogP contribution in [0, 0.1) is 0 Å². The van der Waals surface area contributed by atoms with Gasteiger partial charge in [0.15, 0.2) is 0 Å². The van der Waals surface area contributed by atoms with Gasteiger partial charge in [-0.3, -0.25) is 0 Å². The maximum atomic E-state index is 10.3. The van der Waals surface area contributed by atoms with Gasteiger partial charge in [0, 0.05) is 13.5 Å². The van der Waals surface area contributed by atoms with Crippen LogP contribution in [0.3, 0.4) is 0 Å². The van der Waals surface area contributed by atoms with Crippen LogP contribution in [-0.2, 0) is 9.47 Å². The van der Waals surface area contributed by atoms with Gasteiger partial charge in [-0.25, -0.2) is 0 Å². The van der Waals surface area contributed by atoms with Crippen LogP contribution in [0.25, 0.3) is 0 Å². The second-order valence-electron chi connectivity index (χ2n) is 6.85. The average molecular weight is 389 g/mol. The summed E-state index contributed by atoms with van der Waals surface area (Å²) in [6.45, 7) is -0.473. The normalized spacial score (nSPS) is 37.7. The van der Waals surface area contributed by atoms with Gasteiger partial charge in [0.1, 0.15) is 42.4 Å². The summed E-state index contributed by atoms with van der Waals surface area (Å²) in [5.74, 6) is 0.461. The monoisotopic (exact) mass is 388 g/mol. The molecule has 1 heterocycles. The quantitative estimate of drug-likeness (QED) is 0.590. The largest absolute Gasteiger partial charge is 0.489 e. The molecule has 0 aromatic heterocycles. The van der Waals surface area contributed by atoms with E-state index in [-0.39, 0.29) is 12.2 Å². The van der Waals surface area contributed by atoms with E-state index >= 15 is 0 Å². The smallest absolute Gasteiger partial charge is 0.138 e. The molecule has 1 aliphatic carbocycles. The molecule has 8 heteroatoms. The molecule has 7 nitrogen and oxygen atoms in total. The van der Waals surface area contributed by atoms with Gasteiger partial charge in [0.25, 0.3) is 0 Å². The van der Waals surface area contributed by atoms with Gasteiger partial charge in [-0.1, -0.05) is 17.7 Å². The summed E-state index contributed by atoms with van der Waals surface area (Å²) in [7, 11) is 1.68. The molecule has 0 bridgehead atoms. The van der Waals surface area contributed by atoms with E-state index in [9.17, 15) is 20.4 Å². The highest BCUT2D eigenvalue weighted by Crippen LogP contribution is 2.37. The fourth-order valence-corrected chi connectivity index (χ4v) is 3.73. The Bertz CT molecular complexity index is 611. The molecule has 26 heavy (non-hydrogen) atoms. The standard InChI is InChI=1S/C18H25ClO7/c1-24-10-3-4-11(7-10)25-13-6-9(2-5-12(13)19)18-17(23)16(22)15(21)14(8-20)26-18/h2,5-6,10-11,14-18,20-23H,3-4,7-8H2,1H3/t10-,11+,14-,15-,16+,17-,18+/m1/s1. The van der Waals surface area contributed by atoms with Crippen LogP contribution in [0.5, 0.6) is 5.75 Å². The second-order valence-corrected chi connectivity index (χ2v) is 7.26. The highest BCUT2D eigenvalue weighted by molar-refractivity contribution is 6.32. The Balaban J connectivity index is 1.78. The lowest BCUT2D eigenvalue weighted by Crippen LogP contribution is -2.55. The van der Waals surface area contributed by atoms with Crippen molar-refractivity contribution in [3.63, 3.8) is 0 Å². The highest BCUT2D eigenvalue weighted by atomic mass is 35.5. The third-order valence-corrected chi connectivity index (χ3v) is 5.45. The third kappa shape index (κ3) is 3.99. The van der Waals surface area contributed by atoms with Gasteiger partial charge < -0.3 is 34.6 Å². The van der Waals surface area contributed by atoms with Gasteiger partial charge >= 0.3 is 0 Å². The summed E-state index contributed by atoms with van der Waals surface area (Å²) in [4.78, 5) is 0. The Hall–Kier alpha value is -0.930. The van der Waals surface area contributed by atoms with E-state index in [4.69, 9.17) is 25.8 Å². The molecule has 0 amide bonds. The summed E-state index contributed by atoms with van der Waals surface area (Å²) in [6, 6.07) is 4.96. The summed E-state index contributed by atoms with van der Waals surface area (Å²) in [5, 5.41) is 39.9. The van der Waals surface area contributed by atoms with E-state index in [0.717, 1.165) is 19.3 Å². The van der Waals surface area contributed by atoms with Crippen LogP contribution in [0.15, 0.2) is 18.2 Å². The van der Waals surface area contributed by atoms with Gasteiger partial charge in [0.05, 0.1) is 17.7 Å². The van der Waals surface area contributed by atoms with Crippen LogP contribution < -0.4 is 4.74 Å².